The number of carbonyl (C=O) groups is 1. The number of nitrogens with zero attached hydrogens (tertiary/aromatic N) is 1. The number of terminal acetylenes is 1. The maximum Gasteiger partial charge on any atom is 0.276 e. The zero-order valence-electron chi connectivity index (χ0n) is 14.6. The molecule has 1 aliphatic rings. The smallest absolute Gasteiger partial charge is 0.276 e. The number of para-hydroxylation sites is 1. The van der Waals surface area contributed by atoms with Crippen LogP contribution in [-0.4, -0.2) is 44.2 Å². The van der Waals surface area contributed by atoms with E-state index in [0.717, 1.165) is 49.7 Å². The van der Waals surface area contributed by atoms with Crippen LogP contribution in [0, 0.1) is 12.3 Å². The molecule has 0 spiro atoms. The van der Waals surface area contributed by atoms with E-state index in [1.165, 1.54) is 4.90 Å². The molecule has 130 valence electrons. The van der Waals surface area contributed by atoms with Gasteiger partial charge in [-0.15, -0.1) is 6.42 Å². The molecular formula is C19H27ClN3O+. The minimum atomic E-state index is -0.504. The van der Waals surface area contributed by atoms with Gasteiger partial charge in [-0.3, -0.25) is 4.79 Å². The van der Waals surface area contributed by atoms with Gasteiger partial charge in [0, 0.05) is 0 Å². The molecule has 24 heavy (non-hydrogen) atoms. The Morgan fingerprint density at radius 1 is 1.33 bits per heavy atom. The molecule has 0 bridgehead atoms. The summed E-state index contributed by atoms with van der Waals surface area (Å²) < 4.78 is 0. The molecule has 1 amide bonds. The van der Waals surface area contributed by atoms with E-state index in [4.69, 9.17) is 18.0 Å². The third kappa shape index (κ3) is 4.43. The number of nitrogens with one attached hydrogen (secondary N) is 2. The quantitative estimate of drug-likeness (QED) is 0.761. The number of benzene rings is 1. The molecule has 0 atom stereocenters. The molecule has 1 heterocycles. The van der Waals surface area contributed by atoms with Gasteiger partial charge in [0.25, 0.3) is 5.91 Å². The fraction of sp³-hybridized carbons (Fsp3) is 0.526. The summed E-state index contributed by atoms with van der Waals surface area (Å²) in [7, 11) is 0. The van der Waals surface area contributed by atoms with Crippen LogP contribution in [0.4, 0.5) is 5.69 Å². The van der Waals surface area contributed by atoms with Crippen LogP contribution in [0.2, 0.25) is 5.02 Å². The Kier molecular flexibility index (Phi) is 6.53. The molecule has 2 rings (SSSR count). The Hall–Kier alpha value is -1.70. The van der Waals surface area contributed by atoms with Crippen LogP contribution in [0.25, 0.3) is 0 Å². The van der Waals surface area contributed by atoms with Crippen LogP contribution in [-0.2, 0) is 4.79 Å². The zero-order chi connectivity index (χ0) is 17.6. The highest BCUT2D eigenvalue weighted by molar-refractivity contribution is 6.33. The van der Waals surface area contributed by atoms with E-state index >= 15 is 0 Å². The summed E-state index contributed by atoms with van der Waals surface area (Å²) in [5, 5.41) is 3.83. The van der Waals surface area contributed by atoms with Crippen molar-refractivity contribution < 1.29 is 9.69 Å². The van der Waals surface area contributed by atoms with Crippen LogP contribution in [0.15, 0.2) is 24.3 Å². The van der Waals surface area contributed by atoms with Crippen molar-refractivity contribution in [3.63, 3.8) is 0 Å². The molecule has 5 heteroatoms. The topological polar surface area (TPSA) is 36.8 Å². The van der Waals surface area contributed by atoms with Crippen molar-refractivity contribution in [3.05, 3.63) is 29.3 Å². The number of hydrogen-bond donors (Lipinski definition) is 2. The lowest BCUT2D eigenvalue weighted by molar-refractivity contribution is -0.892. The van der Waals surface area contributed by atoms with Gasteiger partial charge in [-0.1, -0.05) is 43.5 Å². The lowest BCUT2D eigenvalue weighted by Crippen LogP contribution is -3.16. The Bertz CT molecular complexity index is 599. The summed E-state index contributed by atoms with van der Waals surface area (Å²) >= 11 is 6.27. The molecule has 1 aromatic rings. The summed E-state index contributed by atoms with van der Waals surface area (Å²) in [6.07, 6.45) is 7.12. The fourth-order valence-electron chi connectivity index (χ4n) is 3.15. The first kappa shape index (κ1) is 18.6. The third-order valence-electron chi connectivity index (χ3n) is 4.94. The highest BCUT2D eigenvalue weighted by Gasteiger charge is 2.28. The SMILES string of the molecule is C#CC(CC)(CC)NC(=O)C[NH+]1CCN(c2ccccc2Cl)CC1. The van der Waals surface area contributed by atoms with Crippen molar-refractivity contribution in [2.45, 2.75) is 32.2 Å². The van der Waals surface area contributed by atoms with Gasteiger partial charge >= 0.3 is 0 Å². The second kappa shape index (κ2) is 8.41. The van der Waals surface area contributed by atoms with Crippen LogP contribution >= 0.6 is 11.6 Å². The zero-order valence-corrected chi connectivity index (χ0v) is 15.3. The van der Waals surface area contributed by atoms with E-state index in [9.17, 15) is 4.79 Å². The molecule has 1 aromatic carbocycles. The van der Waals surface area contributed by atoms with Gasteiger partial charge in [-0.05, 0) is 25.0 Å². The second-order valence-electron chi connectivity index (χ2n) is 6.35. The Morgan fingerprint density at radius 3 is 2.50 bits per heavy atom. The average Bonchev–Trinajstić information content (AvgIpc) is 2.61. The predicted molar refractivity (Wildman–Crippen MR) is 99.5 cm³/mol. The summed E-state index contributed by atoms with van der Waals surface area (Å²) in [6.45, 7) is 8.12. The van der Waals surface area contributed by atoms with Crippen molar-refractivity contribution in [3.8, 4) is 12.3 Å². The van der Waals surface area contributed by atoms with Crippen LogP contribution in [0.1, 0.15) is 26.7 Å². The molecule has 0 unspecified atom stereocenters. The van der Waals surface area contributed by atoms with Gasteiger partial charge in [0.15, 0.2) is 6.54 Å². The van der Waals surface area contributed by atoms with E-state index < -0.39 is 5.54 Å². The molecule has 0 saturated carbocycles. The van der Waals surface area contributed by atoms with Crippen LogP contribution < -0.4 is 15.1 Å². The van der Waals surface area contributed by atoms with E-state index in [0.29, 0.717) is 6.54 Å². The van der Waals surface area contributed by atoms with Crippen molar-refractivity contribution in [1.82, 2.24) is 5.32 Å². The average molecular weight is 349 g/mol. The minimum Gasteiger partial charge on any atom is -0.359 e. The first-order valence-electron chi connectivity index (χ1n) is 8.65. The van der Waals surface area contributed by atoms with Gasteiger partial charge in [0.2, 0.25) is 0 Å². The van der Waals surface area contributed by atoms with Crippen molar-refractivity contribution in [2.24, 2.45) is 0 Å². The van der Waals surface area contributed by atoms with Gasteiger partial charge in [0.05, 0.1) is 36.9 Å². The Morgan fingerprint density at radius 2 is 1.96 bits per heavy atom. The molecule has 0 aliphatic carbocycles. The molecular weight excluding hydrogens is 322 g/mol. The number of halogens is 1. The minimum absolute atomic E-state index is 0.0397. The number of anilines is 1. The first-order chi connectivity index (χ1) is 11.5. The maximum absolute atomic E-state index is 12.3. The number of rotatable bonds is 6. The lowest BCUT2D eigenvalue weighted by Gasteiger charge is -2.34. The molecule has 0 aromatic heterocycles. The largest absolute Gasteiger partial charge is 0.359 e. The van der Waals surface area contributed by atoms with Crippen molar-refractivity contribution >= 4 is 23.2 Å². The normalized spacial score (nSPS) is 15.8. The Labute approximate surface area is 150 Å². The number of carbonyl (C=O) groups excluding carboxylic acids is 1. The fourth-order valence-corrected chi connectivity index (χ4v) is 3.41. The molecule has 2 N–H and O–H groups in total. The molecule has 0 radical (unpaired) electrons. The Balaban J connectivity index is 1.86. The summed E-state index contributed by atoms with van der Waals surface area (Å²) in [4.78, 5) is 15.9. The summed E-state index contributed by atoms with van der Waals surface area (Å²) in [5.41, 5.74) is 0.571. The van der Waals surface area contributed by atoms with Gasteiger partial charge in [0.1, 0.15) is 5.54 Å². The van der Waals surface area contributed by atoms with Crippen molar-refractivity contribution in [2.75, 3.05) is 37.6 Å². The second-order valence-corrected chi connectivity index (χ2v) is 6.75. The monoisotopic (exact) mass is 348 g/mol. The molecule has 4 nitrogen and oxygen atoms in total. The highest BCUT2D eigenvalue weighted by atomic mass is 35.5. The number of quaternary nitrogens is 1. The van der Waals surface area contributed by atoms with Gasteiger partial charge in [-0.25, -0.2) is 0 Å². The van der Waals surface area contributed by atoms with Crippen LogP contribution in [0.3, 0.4) is 0 Å². The first-order valence-corrected chi connectivity index (χ1v) is 9.03. The summed E-state index contributed by atoms with van der Waals surface area (Å²) in [5.74, 6) is 2.79. The van der Waals surface area contributed by atoms with E-state index in [2.05, 4.69) is 16.1 Å². The molecule has 1 aliphatic heterocycles. The maximum atomic E-state index is 12.3. The predicted octanol–water partition coefficient (Wildman–Crippen LogP) is 1.35. The molecule has 1 fully saturated rings. The van der Waals surface area contributed by atoms with Gasteiger partial charge < -0.3 is 15.1 Å². The van der Waals surface area contributed by atoms with E-state index in [1.54, 1.807) is 0 Å². The van der Waals surface area contributed by atoms with Gasteiger partial charge in [-0.2, -0.15) is 0 Å². The lowest BCUT2D eigenvalue weighted by atomic mass is 9.94. The van der Waals surface area contributed by atoms with E-state index in [1.807, 2.05) is 38.1 Å². The number of piperazine rings is 1. The van der Waals surface area contributed by atoms with Crippen molar-refractivity contribution in [1.29, 1.82) is 0 Å². The number of amides is 1. The van der Waals surface area contributed by atoms with E-state index in [-0.39, 0.29) is 5.91 Å². The molecule has 1 saturated heterocycles. The number of hydrogen-bond acceptors (Lipinski definition) is 2. The standard InChI is InChI=1S/C19H26ClN3O/c1-4-19(5-2,6-3)21-18(24)15-22-11-13-23(14-12-22)17-10-8-7-9-16(17)20/h1,7-10H,5-6,11-15H2,2-3H3,(H,21,24)/p+1. The third-order valence-corrected chi connectivity index (χ3v) is 5.26. The highest BCUT2D eigenvalue weighted by Crippen LogP contribution is 2.24. The summed E-state index contributed by atoms with van der Waals surface area (Å²) in [6, 6.07) is 7.90. The van der Waals surface area contributed by atoms with Crippen LogP contribution in [0.5, 0.6) is 0 Å².